The number of urea groups is 2. The van der Waals surface area contributed by atoms with Gasteiger partial charge in [0.1, 0.15) is 17.7 Å². The molecule has 11 heteroatoms. The van der Waals surface area contributed by atoms with Gasteiger partial charge in [0.25, 0.3) is 5.91 Å². The molecule has 0 fully saturated rings. The predicted octanol–water partition coefficient (Wildman–Crippen LogP) is 4.85. The zero-order valence-corrected chi connectivity index (χ0v) is 23.1. The monoisotopic (exact) mass is 563 g/mol. The molecule has 0 bridgehead atoms. The van der Waals surface area contributed by atoms with Crippen LogP contribution in [0.25, 0.3) is 0 Å². The quantitative estimate of drug-likeness (QED) is 0.327. The van der Waals surface area contributed by atoms with Crippen LogP contribution in [-0.4, -0.2) is 71.8 Å². The number of para-hydroxylation sites is 1. The Morgan fingerprint density at radius 3 is 2.34 bits per heavy atom. The molecule has 0 radical (unpaired) electrons. The first-order chi connectivity index (χ1) is 19.6. The summed E-state index contributed by atoms with van der Waals surface area (Å²) < 4.78 is 19.5. The standard InChI is InChI=1S/C30H34FN5O5/c1-19-16-36(20(2)18-37)28(38)25-15-24(33-29(39)32-23-11-9-21(31)10-12-23)13-14-26(25)41-27(19)17-35(3)30(40)34-22-7-5-4-6-8-22/h4-15,19-20,27,37H,16-18H2,1-3H3,(H,34,40)(H2,32,33,39)/t19-,20+,27-/m1/s1. The second-order valence-electron chi connectivity index (χ2n) is 10.1. The van der Waals surface area contributed by atoms with Crippen LogP contribution in [0.4, 0.5) is 31.0 Å². The van der Waals surface area contributed by atoms with Crippen LogP contribution in [0.15, 0.2) is 72.8 Å². The number of nitrogens with zero attached hydrogens (tertiary/aromatic N) is 2. The van der Waals surface area contributed by atoms with E-state index < -0.39 is 24.0 Å². The van der Waals surface area contributed by atoms with E-state index in [1.54, 1.807) is 43.1 Å². The molecule has 3 aromatic carbocycles. The Hall–Kier alpha value is -4.64. The second-order valence-corrected chi connectivity index (χ2v) is 10.1. The summed E-state index contributed by atoms with van der Waals surface area (Å²) in [6, 6.07) is 17.8. The lowest BCUT2D eigenvalue weighted by Gasteiger charge is -2.38. The lowest BCUT2D eigenvalue weighted by atomic mass is 9.99. The maximum absolute atomic E-state index is 13.6. The summed E-state index contributed by atoms with van der Waals surface area (Å²) in [7, 11) is 1.67. The van der Waals surface area contributed by atoms with Crippen molar-refractivity contribution in [2.45, 2.75) is 26.0 Å². The first-order valence-electron chi connectivity index (χ1n) is 13.3. The van der Waals surface area contributed by atoms with Crippen molar-refractivity contribution >= 4 is 35.0 Å². The van der Waals surface area contributed by atoms with E-state index in [1.807, 2.05) is 25.1 Å². The molecule has 0 aliphatic carbocycles. The molecule has 0 spiro atoms. The predicted molar refractivity (Wildman–Crippen MR) is 155 cm³/mol. The summed E-state index contributed by atoms with van der Waals surface area (Å²) >= 11 is 0. The van der Waals surface area contributed by atoms with Gasteiger partial charge in [-0.2, -0.15) is 0 Å². The Morgan fingerprint density at radius 1 is 1.02 bits per heavy atom. The summed E-state index contributed by atoms with van der Waals surface area (Å²) in [4.78, 5) is 42.1. The number of anilines is 3. The van der Waals surface area contributed by atoms with Gasteiger partial charge < -0.3 is 35.6 Å². The van der Waals surface area contributed by atoms with Gasteiger partial charge in [-0.15, -0.1) is 0 Å². The Balaban J connectivity index is 1.55. The lowest BCUT2D eigenvalue weighted by Crippen LogP contribution is -2.50. The number of aliphatic hydroxyl groups excluding tert-OH is 1. The minimum atomic E-state index is -0.575. The molecule has 1 aliphatic rings. The van der Waals surface area contributed by atoms with Crippen molar-refractivity contribution in [3.63, 3.8) is 0 Å². The van der Waals surface area contributed by atoms with Gasteiger partial charge >= 0.3 is 12.1 Å². The van der Waals surface area contributed by atoms with E-state index in [0.29, 0.717) is 22.8 Å². The SMILES string of the molecule is C[C@@H]1CN([C@@H](C)CO)C(=O)c2cc(NC(=O)Nc3ccc(F)cc3)ccc2O[C@@H]1CN(C)C(=O)Nc1ccccc1. The normalized spacial score (nSPS) is 17.3. The molecule has 0 unspecified atom stereocenters. The topological polar surface area (TPSA) is 123 Å². The van der Waals surface area contributed by atoms with E-state index in [4.69, 9.17) is 4.74 Å². The number of carbonyl (C=O) groups excluding carboxylic acids is 3. The third-order valence-corrected chi connectivity index (χ3v) is 6.85. The molecule has 3 atom stereocenters. The van der Waals surface area contributed by atoms with Crippen LogP contribution in [-0.2, 0) is 0 Å². The maximum atomic E-state index is 13.6. The van der Waals surface area contributed by atoms with Crippen molar-refractivity contribution in [3.05, 3.63) is 84.2 Å². The number of amides is 5. The van der Waals surface area contributed by atoms with Gasteiger partial charge in [-0.1, -0.05) is 25.1 Å². The molecule has 10 nitrogen and oxygen atoms in total. The number of likely N-dealkylation sites (N-methyl/N-ethyl adjacent to an activating group) is 1. The van der Waals surface area contributed by atoms with Crippen LogP contribution in [0.2, 0.25) is 0 Å². The van der Waals surface area contributed by atoms with Crippen molar-refractivity contribution in [1.29, 1.82) is 0 Å². The summed E-state index contributed by atoms with van der Waals surface area (Å²) in [6.45, 7) is 3.95. The molecule has 0 aromatic heterocycles. The molecule has 0 saturated carbocycles. The van der Waals surface area contributed by atoms with Gasteiger partial charge in [0.15, 0.2) is 0 Å². The fourth-order valence-electron chi connectivity index (χ4n) is 4.44. The number of aliphatic hydroxyl groups is 1. The molecule has 5 amide bonds. The van der Waals surface area contributed by atoms with Crippen LogP contribution < -0.4 is 20.7 Å². The third kappa shape index (κ3) is 7.52. The van der Waals surface area contributed by atoms with Crippen LogP contribution in [0.5, 0.6) is 5.75 Å². The van der Waals surface area contributed by atoms with Crippen molar-refractivity contribution in [2.24, 2.45) is 5.92 Å². The Kier molecular flexibility index (Phi) is 9.41. The largest absolute Gasteiger partial charge is 0.487 e. The highest BCUT2D eigenvalue weighted by Crippen LogP contribution is 2.31. The molecule has 4 N–H and O–H groups in total. The number of rotatable bonds is 7. The van der Waals surface area contributed by atoms with E-state index >= 15 is 0 Å². The molecular formula is C30H34FN5O5. The van der Waals surface area contributed by atoms with Gasteiger partial charge in [-0.25, -0.2) is 14.0 Å². The first-order valence-corrected chi connectivity index (χ1v) is 13.3. The first kappa shape index (κ1) is 29.3. The van der Waals surface area contributed by atoms with Gasteiger partial charge in [-0.05, 0) is 61.5 Å². The molecule has 3 aromatic rings. The van der Waals surface area contributed by atoms with Gasteiger partial charge in [-0.3, -0.25) is 4.79 Å². The number of nitrogens with one attached hydrogen (secondary N) is 3. The van der Waals surface area contributed by atoms with Crippen molar-refractivity contribution < 1.29 is 28.6 Å². The molecule has 1 aliphatic heterocycles. The molecular weight excluding hydrogens is 529 g/mol. The molecule has 1 heterocycles. The van der Waals surface area contributed by atoms with Crippen LogP contribution in [0.3, 0.4) is 0 Å². The van der Waals surface area contributed by atoms with Crippen LogP contribution >= 0.6 is 0 Å². The highest BCUT2D eigenvalue weighted by Gasteiger charge is 2.34. The van der Waals surface area contributed by atoms with Crippen LogP contribution in [0, 0.1) is 11.7 Å². The summed E-state index contributed by atoms with van der Waals surface area (Å²) in [5, 5.41) is 18.0. The van der Waals surface area contributed by atoms with Crippen molar-refractivity contribution in [3.8, 4) is 5.75 Å². The zero-order chi connectivity index (χ0) is 29.5. The second kappa shape index (κ2) is 13.1. The number of halogens is 1. The number of hydrogen-bond donors (Lipinski definition) is 4. The number of ether oxygens (including phenoxy) is 1. The van der Waals surface area contributed by atoms with Crippen molar-refractivity contribution in [2.75, 3.05) is 42.7 Å². The van der Waals surface area contributed by atoms with Crippen LogP contribution in [0.1, 0.15) is 24.2 Å². The van der Waals surface area contributed by atoms with E-state index in [0.717, 1.165) is 0 Å². The summed E-state index contributed by atoms with van der Waals surface area (Å²) in [5.74, 6) is -0.673. The van der Waals surface area contributed by atoms with E-state index in [9.17, 15) is 23.9 Å². The highest BCUT2D eigenvalue weighted by molar-refractivity contribution is 6.02. The fraction of sp³-hybridized carbons (Fsp3) is 0.300. The summed E-state index contributed by atoms with van der Waals surface area (Å²) in [5.41, 5.74) is 1.60. The smallest absolute Gasteiger partial charge is 0.323 e. The third-order valence-electron chi connectivity index (χ3n) is 6.85. The van der Waals surface area contributed by atoms with E-state index in [2.05, 4.69) is 16.0 Å². The highest BCUT2D eigenvalue weighted by atomic mass is 19.1. The molecule has 0 saturated heterocycles. The minimum absolute atomic E-state index is 0.188. The van der Waals surface area contributed by atoms with Gasteiger partial charge in [0.2, 0.25) is 0 Å². The minimum Gasteiger partial charge on any atom is -0.487 e. The van der Waals surface area contributed by atoms with E-state index in [1.165, 1.54) is 35.2 Å². The Labute approximate surface area is 238 Å². The lowest BCUT2D eigenvalue weighted by molar-refractivity contribution is 0.0371. The number of benzene rings is 3. The molecule has 216 valence electrons. The molecule has 41 heavy (non-hydrogen) atoms. The zero-order valence-electron chi connectivity index (χ0n) is 23.1. The number of carbonyl (C=O) groups is 3. The molecule has 4 rings (SSSR count). The van der Waals surface area contributed by atoms with Gasteiger partial charge in [0.05, 0.1) is 24.8 Å². The number of fused-ring (bicyclic) bond motifs is 1. The van der Waals surface area contributed by atoms with Crippen molar-refractivity contribution in [1.82, 2.24) is 9.80 Å². The Bertz CT molecular complexity index is 1370. The van der Waals surface area contributed by atoms with E-state index in [-0.39, 0.29) is 43.1 Å². The average Bonchev–Trinajstić information content (AvgIpc) is 2.96. The maximum Gasteiger partial charge on any atom is 0.323 e. The number of hydrogen-bond acceptors (Lipinski definition) is 5. The summed E-state index contributed by atoms with van der Waals surface area (Å²) in [6.07, 6.45) is -0.484. The van der Waals surface area contributed by atoms with Gasteiger partial charge in [0, 0.05) is 36.6 Å². The Morgan fingerprint density at radius 2 is 1.66 bits per heavy atom. The fourth-order valence-corrected chi connectivity index (χ4v) is 4.44. The average molecular weight is 564 g/mol.